The van der Waals surface area contributed by atoms with Gasteiger partial charge in [0, 0.05) is 13.6 Å². The second-order valence-corrected chi connectivity index (χ2v) is 3.70. The summed E-state index contributed by atoms with van der Waals surface area (Å²) in [6.07, 6.45) is 1.63. The lowest BCUT2D eigenvalue weighted by atomic mass is 10.3. The number of rotatable bonds is 5. The molecule has 0 bridgehead atoms. The summed E-state index contributed by atoms with van der Waals surface area (Å²) in [5, 5.41) is 15.2. The van der Waals surface area contributed by atoms with Crippen LogP contribution in [0.4, 0.5) is 4.79 Å². The Morgan fingerprint density at radius 1 is 1.50 bits per heavy atom. The van der Waals surface area contributed by atoms with Crippen LogP contribution < -0.4 is 16.0 Å². The van der Waals surface area contributed by atoms with Crippen molar-refractivity contribution in [2.24, 2.45) is 0 Å². The Balaban J connectivity index is 2.43. The lowest BCUT2D eigenvalue weighted by molar-refractivity contribution is -0.121. The monoisotopic (exact) mass is 254 g/mol. The van der Waals surface area contributed by atoms with Gasteiger partial charge in [-0.3, -0.25) is 15.4 Å². The highest BCUT2D eigenvalue weighted by atomic mass is 16.2. The van der Waals surface area contributed by atoms with Crippen molar-refractivity contribution in [2.45, 2.75) is 33.0 Å². The molecule has 0 fully saturated rings. The first kappa shape index (κ1) is 14.1. The summed E-state index contributed by atoms with van der Waals surface area (Å²) in [5.74, 6) is 0.356. The van der Waals surface area contributed by atoms with Crippen LogP contribution in [-0.2, 0) is 17.9 Å². The molecule has 0 spiro atoms. The quantitative estimate of drug-likeness (QED) is 0.640. The van der Waals surface area contributed by atoms with Crippen molar-refractivity contribution >= 4 is 11.9 Å². The van der Waals surface area contributed by atoms with Gasteiger partial charge in [-0.25, -0.2) is 4.79 Å². The van der Waals surface area contributed by atoms with Gasteiger partial charge in [-0.1, -0.05) is 0 Å². The van der Waals surface area contributed by atoms with E-state index in [-0.39, 0.29) is 0 Å². The number of amides is 3. The Morgan fingerprint density at radius 3 is 2.83 bits per heavy atom. The predicted molar refractivity (Wildman–Crippen MR) is 64.6 cm³/mol. The van der Waals surface area contributed by atoms with E-state index in [2.05, 4.69) is 26.1 Å². The van der Waals surface area contributed by atoms with Crippen LogP contribution >= 0.6 is 0 Å². The van der Waals surface area contributed by atoms with E-state index < -0.39 is 18.0 Å². The number of imide groups is 1. The van der Waals surface area contributed by atoms with Crippen LogP contribution in [0.1, 0.15) is 19.7 Å². The van der Waals surface area contributed by atoms with Crippen molar-refractivity contribution in [3.05, 3.63) is 12.2 Å². The fraction of sp³-hybridized carbons (Fsp3) is 0.600. The van der Waals surface area contributed by atoms with E-state index in [9.17, 15) is 9.59 Å². The minimum absolute atomic E-state index is 0.392. The lowest BCUT2D eigenvalue weighted by Gasteiger charge is -2.13. The molecule has 0 radical (unpaired) electrons. The van der Waals surface area contributed by atoms with E-state index in [1.165, 1.54) is 7.05 Å². The zero-order valence-electron chi connectivity index (χ0n) is 10.7. The van der Waals surface area contributed by atoms with Crippen molar-refractivity contribution in [1.29, 1.82) is 0 Å². The van der Waals surface area contributed by atoms with Crippen LogP contribution in [0.5, 0.6) is 0 Å². The first-order chi connectivity index (χ1) is 8.58. The number of nitrogens with zero attached hydrogens (tertiary/aromatic N) is 3. The van der Waals surface area contributed by atoms with Crippen LogP contribution in [-0.4, -0.2) is 39.8 Å². The minimum Gasteiger partial charge on any atom is -0.341 e. The van der Waals surface area contributed by atoms with Crippen LogP contribution in [0.3, 0.4) is 0 Å². The third kappa shape index (κ3) is 3.81. The number of nitrogens with one attached hydrogen (secondary N) is 3. The van der Waals surface area contributed by atoms with E-state index in [4.69, 9.17) is 0 Å². The first-order valence-electron chi connectivity index (χ1n) is 5.71. The molecule has 1 unspecified atom stereocenters. The van der Waals surface area contributed by atoms with Crippen LogP contribution in [0.15, 0.2) is 6.33 Å². The number of aromatic nitrogens is 3. The van der Waals surface area contributed by atoms with Gasteiger partial charge in [0.05, 0.1) is 12.6 Å². The molecule has 1 aromatic heterocycles. The Kier molecular flexibility index (Phi) is 5.25. The second kappa shape index (κ2) is 6.70. The topological polar surface area (TPSA) is 101 Å². The first-order valence-corrected chi connectivity index (χ1v) is 5.71. The van der Waals surface area contributed by atoms with Gasteiger partial charge in [0.2, 0.25) is 5.91 Å². The molecule has 0 aromatic carbocycles. The summed E-state index contributed by atoms with van der Waals surface area (Å²) >= 11 is 0. The molecule has 0 saturated carbocycles. The number of hydrogen-bond acceptors (Lipinski definition) is 5. The number of aryl methyl sites for hydroxylation is 1. The molecule has 1 heterocycles. The molecule has 0 saturated heterocycles. The van der Waals surface area contributed by atoms with E-state index in [1.807, 2.05) is 11.5 Å². The molecular weight excluding hydrogens is 236 g/mol. The zero-order valence-corrected chi connectivity index (χ0v) is 10.7. The summed E-state index contributed by atoms with van der Waals surface area (Å²) in [6, 6.07) is -1.02. The van der Waals surface area contributed by atoms with E-state index in [1.54, 1.807) is 13.3 Å². The smallest absolute Gasteiger partial charge is 0.321 e. The third-order valence-electron chi connectivity index (χ3n) is 2.46. The highest BCUT2D eigenvalue weighted by molar-refractivity contribution is 5.96. The maximum absolute atomic E-state index is 11.5. The van der Waals surface area contributed by atoms with Crippen LogP contribution in [0, 0.1) is 0 Å². The molecule has 18 heavy (non-hydrogen) atoms. The normalized spacial score (nSPS) is 11.9. The van der Waals surface area contributed by atoms with Gasteiger partial charge in [-0.15, -0.1) is 10.2 Å². The van der Waals surface area contributed by atoms with E-state index in [0.29, 0.717) is 6.54 Å². The molecule has 1 atom stereocenters. The Morgan fingerprint density at radius 2 is 2.22 bits per heavy atom. The van der Waals surface area contributed by atoms with Crippen molar-refractivity contribution in [3.8, 4) is 0 Å². The van der Waals surface area contributed by atoms with Gasteiger partial charge in [-0.05, 0) is 13.8 Å². The van der Waals surface area contributed by atoms with Gasteiger partial charge in [0.1, 0.15) is 12.2 Å². The highest BCUT2D eigenvalue weighted by Gasteiger charge is 2.15. The summed E-state index contributed by atoms with van der Waals surface area (Å²) in [6.45, 7) is 4.83. The highest BCUT2D eigenvalue weighted by Crippen LogP contribution is 1.95. The molecule has 3 amide bonds. The van der Waals surface area contributed by atoms with Gasteiger partial charge in [0.25, 0.3) is 0 Å². The molecule has 0 aliphatic heterocycles. The maximum atomic E-state index is 11.5. The van der Waals surface area contributed by atoms with Crippen molar-refractivity contribution in [1.82, 2.24) is 30.7 Å². The third-order valence-corrected chi connectivity index (χ3v) is 2.46. The summed E-state index contributed by atoms with van der Waals surface area (Å²) in [4.78, 5) is 22.5. The molecule has 8 heteroatoms. The number of urea groups is 1. The molecule has 0 aliphatic rings. The second-order valence-electron chi connectivity index (χ2n) is 3.70. The fourth-order valence-electron chi connectivity index (χ4n) is 1.30. The largest absolute Gasteiger partial charge is 0.341 e. The molecule has 1 aromatic rings. The van der Waals surface area contributed by atoms with E-state index >= 15 is 0 Å². The average molecular weight is 254 g/mol. The Hall–Kier alpha value is -1.96. The van der Waals surface area contributed by atoms with Gasteiger partial charge >= 0.3 is 6.03 Å². The van der Waals surface area contributed by atoms with Gasteiger partial charge < -0.3 is 9.88 Å². The number of carbonyl (C=O) groups excluding carboxylic acids is 2. The van der Waals surface area contributed by atoms with Gasteiger partial charge in [0.15, 0.2) is 0 Å². The van der Waals surface area contributed by atoms with Crippen molar-refractivity contribution in [3.63, 3.8) is 0 Å². The molecule has 3 N–H and O–H groups in total. The lowest BCUT2D eigenvalue weighted by Crippen LogP contribution is -2.47. The fourth-order valence-corrected chi connectivity index (χ4v) is 1.30. The van der Waals surface area contributed by atoms with E-state index in [0.717, 1.165) is 12.4 Å². The van der Waals surface area contributed by atoms with Crippen molar-refractivity contribution in [2.75, 3.05) is 7.05 Å². The molecule has 0 aliphatic carbocycles. The minimum atomic E-state index is -0.523. The number of hydrogen-bond donors (Lipinski definition) is 3. The van der Waals surface area contributed by atoms with Gasteiger partial charge in [-0.2, -0.15) is 0 Å². The summed E-state index contributed by atoms with van der Waals surface area (Å²) in [5.41, 5.74) is 0. The molecule has 100 valence electrons. The summed E-state index contributed by atoms with van der Waals surface area (Å²) < 4.78 is 1.87. The molecule has 1 rings (SSSR count). The predicted octanol–water partition coefficient (Wildman–Crippen LogP) is -0.768. The van der Waals surface area contributed by atoms with Crippen LogP contribution in [0.25, 0.3) is 0 Å². The zero-order chi connectivity index (χ0) is 13.5. The molecular formula is C10H18N6O2. The van der Waals surface area contributed by atoms with Crippen LogP contribution in [0.2, 0.25) is 0 Å². The number of carbonyl (C=O) groups is 2. The Labute approximate surface area is 105 Å². The van der Waals surface area contributed by atoms with Crippen molar-refractivity contribution < 1.29 is 9.59 Å². The summed E-state index contributed by atoms with van der Waals surface area (Å²) in [7, 11) is 1.45. The standard InChI is InChI=1S/C10H18N6O2/c1-4-16-6-13-15-8(16)5-12-7(2)9(17)14-10(18)11-3/h6-7,12H,4-5H2,1-3H3,(H2,11,14,17,18). The SMILES string of the molecule is CCn1cnnc1CNC(C)C(=O)NC(=O)NC. The average Bonchev–Trinajstić information content (AvgIpc) is 2.82. The molecule has 8 nitrogen and oxygen atoms in total. The Bertz CT molecular complexity index is 416. The maximum Gasteiger partial charge on any atom is 0.321 e.